The van der Waals surface area contributed by atoms with E-state index in [9.17, 15) is 23.1 Å². The second-order valence-corrected chi connectivity index (χ2v) is 10.8. The average molecular weight is 539 g/mol. The lowest BCUT2D eigenvalue weighted by Gasteiger charge is -2.28. The molecule has 39 heavy (non-hydrogen) atoms. The van der Waals surface area contributed by atoms with E-state index in [1.165, 1.54) is 0 Å². The summed E-state index contributed by atoms with van der Waals surface area (Å²) in [6, 6.07) is 9.48. The normalized spacial score (nSPS) is 14.2. The number of hydrogen-bond acceptors (Lipinski definition) is 4. The van der Waals surface area contributed by atoms with Gasteiger partial charge in [0.25, 0.3) is 0 Å². The zero-order chi connectivity index (χ0) is 28.1. The van der Waals surface area contributed by atoms with Gasteiger partial charge in [0, 0.05) is 34.9 Å². The Hall–Kier alpha value is -3.85. The Morgan fingerprint density at radius 3 is 2.54 bits per heavy atom. The van der Waals surface area contributed by atoms with Crippen LogP contribution in [0.25, 0.3) is 22.2 Å². The van der Waals surface area contributed by atoms with Gasteiger partial charge < -0.3 is 19.1 Å². The number of pyridine rings is 1. The molecule has 0 amide bonds. The highest BCUT2D eigenvalue weighted by atomic mass is 19.2. The smallest absolute Gasteiger partial charge is 0.337 e. The van der Waals surface area contributed by atoms with Crippen molar-refractivity contribution in [3.8, 4) is 16.9 Å². The summed E-state index contributed by atoms with van der Waals surface area (Å²) < 4.78 is 54.8. The third-order valence-corrected chi connectivity index (χ3v) is 6.69. The van der Waals surface area contributed by atoms with Crippen LogP contribution in [0.1, 0.15) is 55.7 Å². The number of carboxylic acids is 1. The van der Waals surface area contributed by atoms with Crippen molar-refractivity contribution in [1.29, 1.82) is 0 Å². The van der Waals surface area contributed by atoms with E-state index < -0.39 is 35.1 Å². The Morgan fingerprint density at radius 1 is 1.15 bits per heavy atom. The summed E-state index contributed by atoms with van der Waals surface area (Å²) in [6.45, 7) is 7.76. The topological polar surface area (TPSA) is 73.6 Å². The van der Waals surface area contributed by atoms with Gasteiger partial charge in [0.15, 0.2) is 23.6 Å². The van der Waals surface area contributed by atoms with E-state index >= 15 is 0 Å². The van der Waals surface area contributed by atoms with Crippen molar-refractivity contribution in [1.82, 2.24) is 9.55 Å². The van der Waals surface area contributed by atoms with Crippen LogP contribution in [0.4, 0.5) is 13.2 Å². The number of nitrogens with zero attached hydrogens (tertiary/aromatic N) is 2. The molecule has 0 saturated carbocycles. The molecule has 0 radical (unpaired) electrons. The second-order valence-electron chi connectivity index (χ2n) is 10.8. The lowest BCUT2D eigenvalue weighted by atomic mass is 9.90. The molecule has 3 heterocycles. The predicted molar refractivity (Wildman–Crippen MR) is 140 cm³/mol. The number of aromatic nitrogens is 2. The van der Waals surface area contributed by atoms with Gasteiger partial charge in [-0.1, -0.05) is 6.07 Å². The highest BCUT2D eigenvalue weighted by Gasteiger charge is 2.33. The molecule has 2 aromatic carbocycles. The average Bonchev–Trinajstić information content (AvgIpc) is 3.26. The van der Waals surface area contributed by atoms with Crippen LogP contribution in [0.5, 0.6) is 5.75 Å². The van der Waals surface area contributed by atoms with Gasteiger partial charge in [-0.25, -0.2) is 22.9 Å². The lowest BCUT2D eigenvalue weighted by Crippen LogP contribution is -2.28. The first-order valence-corrected chi connectivity index (χ1v) is 12.7. The maximum Gasteiger partial charge on any atom is 0.337 e. The minimum absolute atomic E-state index is 0.0295. The van der Waals surface area contributed by atoms with Gasteiger partial charge in [-0.05, 0) is 87.6 Å². The van der Waals surface area contributed by atoms with Crippen LogP contribution in [-0.2, 0) is 22.5 Å². The molecule has 6 nitrogen and oxygen atoms in total. The summed E-state index contributed by atoms with van der Waals surface area (Å²) in [7, 11) is 0. The fraction of sp³-hybridized carbons (Fsp3) is 0.333. The number of rotatable bonds is 6. The van der Waals surface area contributed by atoms with Crippen molar-refractivity contribution in [3.63, 3.8) is 0 Å². The van der Waals surface area contributed by atoms with Crippen LogP contribution in [0.15, 0.2) is 42.6 Å². The first-order valence-electron chi connectivity index (χ1n) is 12.7. The Balaban J connectivity index is 1.73. The van der Waals surface area contributed by atoms with Crippen molar-refractivity contribution < 1.29 is 32.5 Å². The fourth-order valence-corrected chi connectivity index (χ4v) is 5.09. The van der Waals surface area contributed by atoms with Crippen molar-refractivity contribution >= 4 is 17.0 Å². The van der Waals surface area contributed by atoms with E-state index in [4.69, 9.17) is 14.5 Å². The van der Waals surface area contributed by atoms with Gasteiger partial charge in [0.05, 0.1) is 12.2 Å². The molecule has 4 aromatic rings. The Bertz CT molecular complexity index is 1570. The minimum atomic E-state index is -1.52. The largest absolute Gasteiger partial charge is 0.493 e. The molecule has 9 heteroatoms. The summed E-state index contributed by atoms with van der Waals surface area (Å²) in [5, 5.41) is 10.9. The monoisotopic (exact) mass is 538 g/mol. The van der Waals surface area contributed by atoms with Gasteiger partial charge in [0.2, 0.25) is 0 Å². The molecule has 0 bridgehead atoms. The highest BCUT2D eigenvalue weighted by Crippen LogP contribution is 2.41. The van der Waals surface area contributed by atoms with Crippen LogP contribution in [-0.4, -0.2) is 32.8 Å². The molecular weight excluding hydrogens is 509 g/mol. The van der Waals surface area contributed by atoms with Gasteiger partial charge in [0.1, 0.15) is 11.4 Å². The number of aliphatic carboxylic acids is 1. The van der Waals surface area contributed by atoms with Crippen LogP contribution >= 0.6 is 0 Å². The summed E-state index contributed by atoms with van der Waals surface area (Å²) >= 11 is 0. The molecule has 0 fully saturated rings. The summed E-state index contributed by atoms with van der Waals surface area (Å²) in [5.74, 6) is -4.41. The molecule has 1 aliphatic rings. The quantitative estimate of drug-likeness (QED) is 0.275. The van der Waals surface area contributed by atoms with Gasteiger partial charge >= 0.3 is 5.97 Å². The number of hydrogen-bond donors (Lipinski definition) is 1. The zero-order valence-corrected chi connectivity index (χ0v) is 22.1. The van der Waals surface area contributed by atoms with Crippen molar-refractivity contribution in [2.75, 3.05) is 6.61 Å². The Kier molecular flexibility index (Phi) is 6.88. The van der Waals surface area contributed by atoms with Crippen LogP contribution in [0.2, 0.25) is 0 Å². The van der Waals surface area contributed by atoms with Crippen molar-refractivity contribution in [2.24, 2.45) is 0 Å². The van der Waals surface area contributed by atoms with Crippen LogP contribution < -0.4 is 4.74 Å². The number of carbonyl (C=O) groups is 1. The molecule has 1 unspecified atom stereocenters. The van der Waals surface area contributed by atoms with E-state index in [1.807, 2.05) is 18.2 Å². The maximum atomic E-state index is 13.9. The third-order valence-electron chi connectivity index (χ3n) is 6.69. The minimum Gasteiger partial charge on any atom is -0.493 e. The molecule has 1 N–H and O–H groups in total. The molecule has 1 atom stereocenters. The number of aryl methyl sites for hydroxylation is 2. The van der Waals surface area contributed by atoms with E-state index in [-0.39, 0.29) is 12.1 Å². The first kappa shape index (κ1) is 26.7. The van der Waals surface area contributed by atoms with Crippen LogP contribution in [0, 0.1) is 24.4 Å². The summed E-state index contributed by atoms with van der Waals surface area (Å²) in [4.78, 5) is 17.3. The molecule has 0 saturated heterocycles. The molecule has 0 spiro atoms. The fourth-order valence-electron chi connectivity index (χ4n) is 5.09. The lowest BCUT2D eigenvalue weighted by molar-refractivity contribution is -0.160. The van der Waals surface area contributed by atoms with E-state index in [2.05, 4.69) is 0 Å². The number of halogens is 3. The molecule has 5 rings (SSSR count). The molecule has 1 aliphatic heterocycles. The highest BCUT2D eigenvalue weighted by molar-refractivity contribution is 5.98. The van der Waals surface area contributed by atoms with E-state index in [0.717, 1.165) is 41.9 Å². The molecule has 2 aromatic heterocycles. The van der Waals surface area contributed by atoms with Crippen LogP contribution in [0.3, 0.4) is 0 Å². The molecular formula is C30H29F3N2O4. The number of carboxylic acid groups (broad SMARTS) is 1. The second kappa shape index (κ2) is 10.0. The molecule has 204 valence electrons. The van der Waals surface area contributed by atoms with Gasteiger partial charge in [-0.3, -0.25) is 0 Å². The summed E-state index contributed by atoms with van der Waals surface area (Å²) in [6.07, 6.45) is 2.12. The number of fused-ring (bicyclic) bond motifs is 2. The predicted octanol–water partition coefficient (Wildman–Crippen LogP) is 6.74. The number of benzene rings is 2. The van der Waals surface area contributed by atoms with E-state index in [1.54, 1.807) is 44.5 Å². The maximum absolute atomic E-state index is 13.9. The third kappa shape index (κ3) is 5.23. The van der Waals surface area contributed by atoms with Crippen molar-refractivity contribution in [2.45, 2.75) is 58.8 Å². The number of ether oxygens (including phenoxy) is 2. The Labute approximate surface area is 224 Å². The standard InChI is InChI=1S/C30H29F3N2O4/c1-16-24(27(29(36)37)39-30(2,3)4)25(19-7-8-23-18(14-19)6-5-11-38-23)20-9-10-35(28(20)34-16)15-17-12-21(31)26(33)22(32)13-17/h7-10,12-14,27H,5-6,11,15H2,1-4H3,(H,36,37). The zero-order valence-electron chi connectivity index (χ0n) is 22.1. The first-order chi connectivity index (χ1) is 18.4. The Morgan fingerprint density at radius 2 is 1.87 bits per heavy atom. The van der Waals surface area contributed by atoms with Gasteiger partial charge in [-0.2, -0.15) is 0 Å². The molecule has 0 aliphatic carbocycles. The van der Waals surface area contributed by atoms with Gasteiger partial charge in [-0.15, -0.1) is 0 Å². The SMILES string of the molecule is Cc1nc2c(ccn2Cc2cc(F)c(F)c(F)c2)c(-c2ccc3c(c2)CCCO3)c1C(OC(C)(C)C)C(=O)O. The van der Waals surface area contributed by atoms with Crippen molar-refractivity contribution in [3.05, 3.63) is 82.4 Å². The van der Waals surface area contributed by atoms with E-state index in [0.29, 0.717) is 34.5 Å². The summed E-state index contributed by atoms with van der Waals surface area (Å²) in [5.41, 5.74) is 3.28.